The second-order valence-corrected chi connectivity index (χ2v) is 10.4. The molecule has 0 aromatic heterocycles. The van der Waals surface area contributed by atoms with E-state index in [0.717, 1.165) is 11.3 Å². The van der Waals surface area contributed by atoms with Crippen molar-refractivity contribution in [2.24, 2.45) is 11.3 Å². The summed E-state index contributed by atoms with van der Waals surface area (Å²) in [6.07, 6.45) is 0.851. The van der Waals surface area contributed by atoms with Gasteiger partial charge in [0.25, 0.3) is 11.8 Å². The average Bonchev–Trinajstić information content (AvgIpc) is 2.81. The summed E-state index contributed by atoms with van der Waals surface area (Å²) in [5.74, 6) is -1.20. The van der Waals surface area contributed by atoms with Gasteiger partial charge in [0, 0.05) is 13.1 Å². The van der Waals surface area contributed by atoms with Crippen LogP contribution >= 0.6 is 0 Å². The molecule has 1 N–H and O–H groups in total. The van der Waals surface area contributed by atoms with E-state index in [-0.39, 0.29) is 35.4 Å². The van der Waals surface area contributed by atoms with Gasteiger partial charge in [-0.15, -0.1) is 0 Å². The van der Waals surface area contributed by atoms with Crippen LogP contribution in [-0.2, 0) is 23.9 Å². The van der Waals surface area contributed by atoms with Gasteiger partial charge in [-0.25, -0.2) is 4.79 Å². The summed E-state index contributed by atoms with van der Waals surface area (Å²) in [4.78, 5) is 53.4. The third-order valence-corrected chi connectivity index (χ3v) is 6.30. The van der Waals surface area contributed by atoms with Crippen LogP contribution in [0.1, 0.15) is 60.8 Å². The third-order valence-electron chi connectivity index (χ3n) is 6.30. The van der Waals surface area contributed by atoms with Gasteiger partial charge in [0.05, 0.1) is 12.2 Å². The molecule has 0 bridgehead atoms. The minimum atomic E-state index is -1.01. The van der Waals surface area contributed by atoms with Crippen molar-refractivity contribution in [3.63, 3.8) is 0 Å². The number of hydrogen-bond acceptors (Lipinski definition) is 6. The molecule has 1 spiro atoms. The molecule has 5 atom stereocenters. The molecular formula is C22H35N3O6. The van der Waals surface area contributed by atoms with Crippen molar-refractivity contribution in [3.05, 3.63) is 0 Å². The minimum Gasteiger partial charge on any atom is -0.451 e. The predicted molar refractivity (Wildman–Crippen MR) is 112 cm³/mol. The van der Waals surface area contributed by atoms with Crippen LogP contribution in [0.4, 0.5) is 4.79 Å². The highest BCUT2D eigenvalue weighted by molar-refractivity contribution is 6.08. The Hall–Kier alpha value is -2.16. The lowest BCUT2D eigenvalue weighted by molar-refractivity contribution is -0.165. The fourth-order valence-corrected chi connectivity index (χ4v) is 5.68. The zero-order valence-corrected chi connectivity index (χ0v) is 19.4. The highest BCUT2D eigenvalue weighted by atomic mass is 16.5. The number of nitrogens with one attached hydrogen (secondary N) is 1. The van der Waals surface area contributed by atoms with Crippen LogP contribution in [0.3, 0.4) is 0 Å². The Bertz CT molecular complexity index is 758. The lowest BCUT2D eigenvalue weighted by atomic mass is 9.64. The van der Waals surface area contributed by atoms with E-state index in [0.29, 0.717) is 25.9 Å². The van der Waals surface area contributed by atoms with Crippen LogP contribution in [0.5, 0.6) is 0 Å². The van der Waals surface area contributed by atoms with E-state index >= 15 is 0 Å². The molecule has 9 heteroatoms. The Morgan fingerprint density at radius 1 is 1.16 bits per heavy atom. The molecule has 2 aliphatic heterocycles. The number of carbonyl (C=O) groups excluding carboxylic acids is 4. The molecule has 1 aliphatic carbocycles. The first kappa shape index (κ1) is 23.5. The number of hydrogen-bond donors (Lipinski definition) is 1. The predicted octanol–water partition coefficient (Wildman–Crippen LogP) is 1.69. The van der Waals surface area contributed by atoms with Crippen LogP contribution in [0, 0.1) is 11.3 Å². The molecule has 3 fully saturated rings. The van der Waals surface area contributed by atoms with E-state index < -0.39 is 30.2 Å². The van der Waals surface area contributed by atoms with E-state index in [1.54, 1.807) is 4.90 Å². The number of morpholine rings is 1. The van der Waals surface area contributed by atoms with Crippen molar-refractivity contribution in [3.8, 4) is 0 Å². The number of esters is 1. The summed E-state index contributed by atoms with van der Waals surface area (Å²) in [5.41, 5.74) is -1.06. The number of carbonyl (C=O) groups is 4. The molecule has 0 aromatic rings. The first-order valence-corrected chi connectivity index (χ1v) is 11.1. The maximum Gasteiger partial charge on any atom is 0.327 e. The standard InChI is InChI=1S/C22H35N3O6/c1-13-7-21(5,6)12-22(8-13)19(28)25(20(29)23-22)11-17(26)31-16(4)18(27)24-9-14(2)30-15(3)10-24/h13-16H,7-12H2,1-6H3,(H,23,29). The quantitative estimate of drug-likeness (QED) is 0.530. The van der Waals surface area contributed by atoms with Crippen molar-refractivity contribution in [1.29, 1.82) is 0 Å². The van der Waals surface area contributed by atoms with Gasteiger partial charge >= 0.3 is 12.0 Å². The maximum atomic E-state index is 13.1. The zero-order chi connectivity index (χ0) is 23.1. The fraction of sp³-hybridized carbons (Fsp3) is 0.818. The van der Waals surface area contributed by atoms with E-state index in [1.807, 2.05) is 13.8 Å². The van der Waals surface area contributed by atoms with Crippen LogP contribution in [-0.4, -0.2) is 77.1 Å². The van der Waals surface area contributed by atoms with E-state index in [9.17, 15) is 19.2 Å². The number of urea groups is 1. The SMILES string of the molecule is CC1CC(C)(C)CC2(C1)NC(=O)N(CC(=O)OC(C)C(=O)N1CC(C)OC(C)C1)C2=O. The molecule has 3 aliphatic rings. The maximum absolute atomic E-state index is 13.1. The van der Waals surface area contributed by atoms with Crippen molar-refractivity contribution in [2.45, 2.75) is 84.7 Å². The molecule has 174 valence electrons. The summed E-state index contributed by atoms with van der Waals surface area (Å²) in [6.45, 7) is 11.9. The Balaban J connectivity index is 1.61. The van der Waals surface area contributed by atoms with Crippen LogP contribution in [0.25, 0.3) is 0 Å². The average molecular weight is 438 g/mol. The first-order valence-electron chi connectivity index (χ1n) is 11.1. The number of ether oxygens (including phenoxy) is 2. The molecule has 2 saturated heterocycles. The topological polar surface area (TPSA) is 105 Å². The molecular weight excluding hydrogens is 402 g/mol. The molecule has 31 heavy (non-hydrogen) atoms. The lowest BCUT2D eigenvalue weighted by Gasteiger charge is -2.43. The number of nitrogens with zero attached hydrogens (tertiary/aromatic N) is 2. The van der Waals surface area contributed by atoms with Crippen molar-refractivity contribution in [1.82, 2.24) is 15.1 Å². The second-order valence-electron chi connectivity index (χ2n) is 10.4. The van der Waals surface area contributed by atoms with Gasteiger partial charge in [0.2, 0.25) is 0 Å². The van der Waals surface area contributed by atoms with Crippen LogP contribution in [0.15, 0.2) is 0 Å². The van der Waals surface area contributed by atoms with Gasteiger partial charge in [-0.3, -0.25) is 19.3 Å². The van der Waals surface area contributed by atoms with Crippen LogP contribution < -0.4 is 5.32 Å². The molecule has 9 nitrogen and oxygen atoms in total. The molecule has 0 aromatic carbocycles. The smallest absolute Gasteiger partial charge is 0.327 e. The summed E-state index contributed by atoms with van der Waals surface area (Å²) in [5, 5.41) is 2.84. The first-order chi connectivity index (χ1) is 14.3. The highest BCUT2D eigenvalue weighted by Crippen LogP contribution is 2.46. The van der Waals surface area contributed by atoms with Crippen molar-refractivity contribution >= 4 is 23.8 Å². The highest BCUT2D eigenvalue weighted by Gasteiger charge is 2.56. The molecule has 5 unspecified atom stereocenters. The van der Waals surface area contributed by atoms with Crippen LogP contribution in [0.2, 0.25) is 0 Å². The largest absolute Gasteiger partial charge is 0.451 e. The molecule has 2 heterocycles. The lowest BCUT2D eigenvalue weighted by Crippen LogP contribution is -2.54. The van der Waals surface area contributed by atoms with E-state index in [1.165, 1.54) is 6.92 Å². The zero-order valence-electron chi connectivity index (χ0n) is 19.4. The van der Waals surface area contributed by atoms with Gasteiger partial charge in [0.1, 0.15) is 12.1 Å². The number of rotatable bonds is 4. The monoisotopic (exact) mass is 437 g/mol. The number of imide groups is 1. The van der Waals surface area contributed by atoms with Gasteiger partial charge < -0.3 is 19.7 Å². The second kappa shape index (κ2) is 8.41. The summed E-state index contributed by atoms with van der Waals surface area (Å²) < 4.78 is 10.9. The van der Waals surface area contributed by atoms with Crippen molar-refractivity contribution < 1.29 is 28.7 Å². The Morgan fingerprint density at radius 3 is 2.35 bits per heavy atom. The fourth-order valence-electron chi connectivity index (χ4n) is 5.68. The van der Waals surface area contributed by atoms with Gasteiger partial charge in [-0.1, -0.05) is 20.8 Å². The Morgan fingerprint density at radius 2 is 1.77 bits per heavy atom. The van der Waals surface area contributed by atoms with Gasteiger partial charge in [-0.05, 0) is 51.4 Å². The Kier molecular flexibility index (Phi) is 6.37. The van der Waals surface area contributed by atoms with Crippen molar-refractivity contribution in [2.75, 3.05) is 19.6 Å². The normalized spacial score (nSPS) is 33.9. The summed E-state index contributed by atoms with van der Waals surface area (Å²) >= 11 is 0. The van der Waals surface area contributed by atoms with Gasteiger partial charge in [0.15, 0.2) is 6.10 Å². The Labute approximate surface area is 183 Å². The van der Waals surface area contributed by atoms with Gasteiger partial charge in [-0.2, -0.15) is 0 Å². The molecule has 1 saturated carbocycles. The van der Waals surface area contributed by atoms with E-state index in [4.69, 9.17) is 9.47 Å². The molecule has 3 rings (SSSR count). The minimum absolute atomic E-state index is 0.0928. The molecule has 4 amide bonds. The number of amides is 4. The van der Waals surface area contributed by atoms with E-state index in [2.05, 4.69) is 26.1 Å². The molecule has 0 radical (unpaired) electrons. The third kappa shape index (κ3) is 5.02. The summed E-state index contributed by atoms with van der Waals surface area (Å²) in [7, 11) is 0. The summed E-state index contributed by atoms with van der Waals surface area (Å²) in [6, 6.07) is -0.582.